The number of pyridine rings is 2. The van der Waals surface area contributed by atoms with Crippen molar-refractivity contribution in [1.82, 2.24) is 20.1 Å². The molecule has 0 unspecified atom stereocenters. The fourth-order valence-corrected chi connectivity index (χ4v) is 2.79. The largest absolute Gasteiger partial charge is 0.356 e. The molecule has 1 saturated heterocycles. The summed E-state index contributed by atoms with van der Waals surface area (Å²) >= 11 is 0. The first-order valence-corrected chi connectivity index (χ1v) is 8.02. The van der Waals surface area contributed by atoms with Gasteiger partial charge < -0.3 is 15.2 Å². The van der Waals surface area contributed by atoms with Gasteiger partial charge in [-0.05, 0) is 37.1 Å². The minimum absolute atomic E-state index is 0.293. The molecule has 7 nitrogen and oxygen atoms in total. The standard InChI is InChI=1S/C17H18N6O/c18-13-5-9-23(10-6-13)15-11-12(4-8-20-15)17-21-16(22-24-17)14-3-1-2-7-19-14/h1-4,7-8,11,13H,5-6,9-10,18H2. The maximum absolute atomic E-state index is 5.97. The Hall–Kier alpha value is -2.80. The second kappa shape index (κ2) is 6.37. The van der Waals surface area contributed by atoms with Crippen LogP contribution in [0.25, 0.3) is 23.0 Å². The van der Waals surface area contributed by atoms with E-state index in [1.165, 1.54) is 0 Å². The van der Waals surface area contributed by atoms with Crippen LogP contribution in [0.2, 0.25) is 0 Å². The predicted octanol–water partition coefficient (Wildman–Crippen LogP) is 2.12. The third-order valence-electron chi connectivity index (χ3n) is 4.18. The number of rotatable bonds is 3. The molecule has 0 aromatic carbocycles. The van der Waals surface area contributed by atoms with E-state index in [1.807, 2.05) is 30.3 Å². The van der Waals surface area contributed by atoms with Crippen LogP contribution in [0.15, 0.2) is 47.2 Å². The minimum Gasteiger partial charge on any atom is -0.356 e. The quantitative estimate of drug-likeness (QED) is 0.789. The average Bonchev–Trinajstić information content (AvgIpc) is 3.13. The van der Waals surface area contributed by atoms with Crippen molar-refractivity contribution in [1.29, 1.82) is 0 Å². The van der Waals surface area contributed by atoms with Gasteiger partial charge in [-0.25, -0.2) is 4.98 Å². The number of nitrogens with zero attached hydrogens (tertiary/aromatic N) is 5. The highest BCUT2D eigenvalue weighted by Gasteiger charge is 2.18. The molecular formula is C17H18N6O. The lowest BCUT2D eigenvalue weighted by Gasteiger charge is -2.31. The lowest BCUT2D eigenvalue weighted by Crippen LogP contribution is -2.40. The van der Waals surface area contributed by atoms with E-state index in [4.69, 9.17) is 10.3 Å². The molecule has 0 amide bonds. The second-order valence-electron chi connectivity index (χ2n) is 5.87. The van der Waals surface area contributed by atoms with Crippen molar-refractivity contribution in [3.8, 4) is 23.0 Å². The molecule has 24 heavy (non-hydrogen) atoms. The third-order valence-corrected chi connectivity index (χ3v) is 4.18. The van der Waals surface area contributed by atoms with Crippen LogP contribution in [-0.4, -0.2) is 39.2 Å². The lowest BCUT2D eigenvalue weighted by atomic mass is 10.1. The smallest absolute Gasteiger partial charge is 0.258 e. The molecule has 0 saturated carbocycles. The number of nitrogens with two attached hydrogens (primary N) is 1. The van der Waals surface area contributed by atoms with Crippen LogP contribution in [0.4, 0.5) is 5.82 Å². The van der Waals surface area contributed by atoms with E-state index in [9.17, 15) is 0 Å². The summed E-state index contributed by atoms with van der Waals surface area (Å²) in [4.78, 5) is 15.4. The highest BCUT2D eigenvalue weighted by Crippen LogP contribution is 2.25. The van der Waals surface area contributed by atoms with Crippen molar-refractivity contribution < 1.29 is 4.52 Å². The van der Waals surface area contributed by atoms with Gasteiger partial charge >= 0.3 is 0 Å². The zero-order chi connectivity index (χ0) is 16.4. The van der Waals surface area contributed by atoms with E-state index in [0.717, 1.165) is 37.3 Å². The number of anilines is 1. The Morgan fingerprint density at radius 3 is 2.75 bits per heavy atom. The highest BCUT2D eigenvalue weighted by atomic mass is 16.5. The monoisotopic (exact) mass is 322 g/mol. The first-order chi connectivity index (χ1) is 11.8. The van der Waals surface area contributed by atoms with Crippen molar-refractivity contribution in [3.63, 3.8) is 0 Å². The Kier molecular flexibility index (Phi) is 3.92. The number of piperidine rings is 1. The van der Waals surface area contributed by atoms with Crippen LogP contribution < -0.4 is 10.6 Å². The molecule has 122 valence electrons. The Morgan fingerprint density at radius 2 is 1.96 bits per heavy atom. The maximum atomic E-state index is 5.97. The molecule has 2 N–H and O–H groups in total. The summed E-state index contributed by atoms with van der Waals surface area (Å²) in [5.74, 6) is 1.86. The fraction of sp³-hybridized carbons (Fsp3) is 0.294. The number of hydrogen-bond acceptors (Lipinski definition) is 7. The van der Waals surface area contributed by atoms with Crippen LogP contribution >= 0.6 is 0 Å². The molecule has 3 aromatic rings. The molecule has 1 fully saturated rings. The molecule has 7 heteroatoms. The molecule has 0 atom stereocenters. The van der Waals surface area contributed by atoms with Crippen LogP contribution in [0.5, 0.6) is 0 Å². The van der Waals surface area contributed by atoms with E-state index in [-0.39, 0.29) is 0 Å². The van der Waals surface area contributed by atoms with Gasteiger partial charge in [0.15, 0.2) is 0 Å². The molecule has 1 aliphatic heterocycles. The SMILES string of the molecule is NC1CCN(c2cc(-c3nc(-c4ccccn4)no3)ccn2)CC1. The van der Waals surface area contributed by atoms with E-state index in [1.54, 1.807) is 12.4 Å². The number of aromatic nitrogens is 4. The summed E-state index contributed by atoms with van der Waals surface area (Å²) in [6, 6.07) is 9.74. The first kappa shape index (κ1) is 14.8. The first-order valence-electron chi connectivity index (χ1n) is 8.02. The van der Waals surface area contributed by atoms with Gasteiger partial charge in [0.05, 0.1) is 0 Å². The summed E-state index contributed by atoms with van der Waals surface area (Å²) in [7, 11) is 0. The molecule has 4 rings (SSSR count). The molecule has 0 spiro atoms. The van der Waals surface area contributed by atoms with E-state index in [0.29, 0.717) is 23.5 Å². The normalized spacial score (nSPS) is 15.6. The van der Waals surface area contributed by atoms with Crippen molar-refractivity contribution in [2.24, 2.45) is 5.73 Å². The summed E-state index contributed by atoms with van der Waals surface area (Å²) in [6.07, 6.45) is 5.44. The number of hydrogen-bond donors (Lipinski definition) is 1. The minimum atomic E-state index is 0.293. The van der Waals surface area contributed by atoms with Gasteiger partial charge in [0, 0.05) is 37.1 Å². The van der Waals surface area contributed by atoms with E-state index in [2.05, 4.69) is 25.0 Å². The van der Waals surface area contributed by atoms with Gasteiger partial charge in [0.2, 0.25) is 5.82 Å². The fourth-order valence-electron chi connectivity index (χ4n) is 2.79. The summed E-state index contributed by atoms with van der Waals surface area (Å²) in [5, 5.41) is 4.02. The van der Waals surface area contributed by atoms with Crippen molar-refractivity contribution >= 4 is 5.82 Å². The van der Waals surface area contributed by atoms with E-state index < -0.39 is 0 Å². The van der Waals surface area contributed by atoms with Gasteiger partial charge in [-0.15, -0.1) is 0 Å². The van der Waals surface area contributed by atoms with Crippen LogP contribution in [0, 0.1) is 0 Å². The predicted molar refractivity (Wildman–Crippen MR) is 90.2 cm³/mol. The van der Waals surface area contributed by atoms with E-state index >= 15 is 0 Å². The van der Waals surface area contributed by atoms with Gasteiger partial charge in [-0.3, -0.25) is 4.98 Å². The molecule has 0 bridgehead atoms. The molecule has 3 aromatic heterocycles. The Bertz CT molecular complexity index is 811. The van der Waals surface area contributed by atoms with Crippen LogP contribution in [0.3, 0.4) is 0 Å². The topological polar surface area (TPSA) is 94.0 Å². The van der Waals surface area contributed by atoms with Crippen molar-refractivity contribution in [2.75, 3.05) is 18.0 Å². The van der Waals surface area contributed by atoms with Crippen molar-refractivity contribution in [2.45, 2.75) is 18.9 Å². The van der Waals surface area contributed by atoms with Crippen LogP contribution in [-0.2, 0) is 0 Å². The molecule has 0 radical (unpaired) electrons. The second-order valence-corrected chi connectivity index (χ2v) is 5.87. The molecule has 4 heterocycles. The Morgan fingerprint density at radius 1 is 1.08 bits per heavy atom. The zero-order valence-corrected chi connectivity index (χ0v) is 13.2. The van der Waals surface area contributed by atoms with Gasteiger partial charge in [0.25, 0.3) is 5.89 Å². The summed E-state index contributed by atoms with van der Waals surface area (Å²) in [6.45, 7) is 1.83. The summed E-state index contributed by atoms with van der Waals surface area (Å²) in [5.41, 5.74) is 7.51. The summed E-state index contributed by atoms with van der Waals surface area (Å²) < 4.78 is 5.40. The molecule has 1 aliphatic rings. The van der Waals surface area contributed by atoms with Gasteiger partial charge in [-0.2, -0.15) is 4.98 Å². The maximum Gasteiger partial charge on any atom is 0.258 e. The van der Waals surface area contributed by atoms with Crippen molar-refractivity contribution in [3.05, 3.63) is 42.7 Å². The highest BCUT2D eigenvalue weighted by molar-refractivity contribution is 5.61. The Balaban J connectivity index is 1.59. The average molecular weight is 322 g/mol. The van der Waals surface area contributed by atoms with Gasteiger partial charge in [-0.1, -0.05) is 11.2 Å². The molecular weight excluding hydrogens is 304 g/mol. The zero-order valence-electron chi connectivity index (χ0n) is 13.2. The molecule has 0 aliphatic carbocycles. The lowest BCUT2D eigenvalue weighted by molar-refractivity contribution is 0.432. The van der Waals surface area contributed by atoms with Crippen LogP contribution in [0.1, 0.15) is 12.8 Å². The third kappa shape index (κ3) is 2.98. The van der Waals surface area contributed by atoms with Gasteiger partial charge in [0.1, 0.15) is 11.5 Å². The Labute approximate surface area is 139 Å².